The van der Waals surface area contributed by atoms with Gasteiger partial charge < -0.3 is 9.73 Å². The van der Waals surface area contributed by atoms with E-state index in [4.69, 9.17) is 4.42 Å². The molecule has 29 heavy (non-hydrogen) atoms. The van der Waals surface area contributed by atoms with Crippen LogP contribution in [0.2, 0.25) is 0 Å². The van der Waals surface area contributed by atoms with E-state index in [1.165, 1.54) is 24.0 Å². The second-order valence-electron chi connectivity index (χ2n) is 8.03. The number of benzene rings is 1. The van der Waals surface area contributed by atoms with Gasteiger partial charge in [-0.05, 0) is 31.5 Å². The van der Waals surface area contributed by atoms with Gasteiger partial charge in [0.2, 0.25) is 5.91 Å². The van der Waals surface area contributed by atoms with Gasteiger partial charge in [-0.1, -0.05) is 18.2 Å². The van der Waals surface area contributed by atoms with Gasteiger partial charge in [0.15, 0.2) is 5.78 Å². The van der Waals surface area contributed by atoms with E-state index in [2.05, 4.69) is 5.32 Å². The number of fused-ring (bicyclic) bond motifs is 1. The summed E-state index contributed by atoms with van der Waals surface area (Å²) in [4.78, 5) is 38.0. The lowest BCUT2D eigenvalue weighted by Crippen LogP contribution is -2.48. The van der Waals surface area contributed by atoms with Crippen LogP contribution in [0.25, 0.3) is 0 Å². The number of ketones is 1. The lowest BCUT2D eigenvalue weighted by atomic mass is 9.83. The fourth-order valence-electron chi connectivity index (χ4n) is 4.20. The Morgan fingerprint density at radius 1 is 1.28 bits per heavy atom. The number of furan rings is 1. The summed E-state index contributed by atoms with van der Waals surface area (Å²) in [5.74, 6) is -0.634. The van der Waals surface area contributed by atoms with Crippen molar-refractivity contribution in [2.75, 3.05) is 4.90 Å². The van der Waals surface area contributed by atoms with Gasteiger partial charge >= 0.3 is 5.88 Å². The third kappa shape index (κ3) is 3.20. The summed E-state index contributed by atoms with van der Waals surface area (Å²) in [6, 6.07) is 9.26. The normalized spacial score (nSPS) is 20.4. The van der Waals surface area contributed by atoms with Crippen LogP contribution in [0.4, 0.5) is 11.6 Å². The first-order valence-corrected chi connectivity index (χ1v) is 9.34. The molecule has 8 heteroatoms. The average molecular weight is 395 g/mol. The van der Waals surface area contributed by atoms with Gasteiger partial charge in [-0.3, -0.25) is 24.6 Å². The predicted molar refractivity (Wildman–Crippen MR) is 105 cm³/mol. The van der Waals surface area contributed by atoms with Crippen LogP contribution in [0.1, 0.15) is 44.6 Å². The van der Waals surface area contributed by atoms with Crippen molar-refractivity contribution in [2.24, 2.45) is 0 Å². The maximum atomic E-state index is 13.2. The van der Waals surface area contributed by atoms with Gasteiger partial charge in [0.05, 0.1) is 6.07 Å². The molecule has 0 bridgehead atoms. The van der Waals surface area contributed by atoms with Crippen molar-refractivity contribution in [3.63, 3.8) is 0 Å². The number of carbonyl (C=O) groups excluding carboxylic acids is 2. The quantitative estimate of drug-likeness (QED) is 0.617. The fourth-order valence-corrected chi connectivity index (χ4v) is 4.20. The molecule has 0 aliphatic carbocycles. The van der Waals surface area contributed by atoms with Gasteiger partial charge in [-0.25, -0.2) is 0 Å². The summed E-state index contributed by atoms with van der Waals surface area (Å²) in [6.07, 6.45) is 0.691. The molecule has 0 radical (unpaired) electrons. The highest BCUT2D eigenvalue weighted by Gasteiger charge is 2.43. The lowest BCUT2D eigenvalue weighted by molar-refractivity contribution is -0.402. The number of amides is 1. The first-order chi connectivity index (χ1) is 13.7. The van der Waals surface area contributed by atoms with E-state index < -0.39 is 22.4 Å². The van der Waals surface area contributed by atoms with Crippen LogP contribution in [-0.4, -0.2) is 22.2 Å². The molecule has 150 valence electrons. The molecule has 1 amide bonds. The predicted octanol–water partition coefficient (Wildman–Crippen LogP) is 3.43. The minimum absolute atomic E-state index is 0.105. The topological polar surface area (TPSA) is 106 Å². The number of nitrogens with zero attached hydrogens (tertiary/aromatic N) is 2. The van der Waals surface area contributed by atoms with Crippen LogP contribution in [0.3, 0.4) is 0 Å². The van der Waals surface area contributed by atoms with Crippen LogP contribution in [0, 0.1) is 10.1 Å². The molecule has 0 unspecified atom stereocenters. The van der Waals surface area contributed by atoms with E-state index in [1.807, 2.05) is 38.1 Å². The summed E-state index contributed by atoms with van der Waals surface area (Å²) < 4.78 is 5.48. The molecule has 0 saturated heterocycles. The van der Waals surface area contributed by atoms with Crippen molar-refractivity contribution in [2.45, 2.75) is 45.2 Å². The van der Waals surface area contributed by atoms with Crippen molar-refractivity contribution in [1.82, 2.24) is 5.32 Å². The van der Waals surface area contributed by atoms with Crippen molar-refractivity contribution in [3.05, 3.63) is 69.1 Å². The van der Waals surface area contributed by atoms with E-state index in [0.717, 1.165) is 5.56 Å². The molecule has 2 aromatic rings. The monoisotopic (exact) mass is 395 g/mol. The largest absolute Gasteiger partial charge is 0.433 e. The summed E-state index contributed by atoms with van der Waals surface area (Å²) in [5.41, 5.74) is 2.24. The van der Waals surface area contributed by atoms with E-state index >= 15 is 0 Å². The standard InChI is InChI=1S/C21H21N3O5/c1-12(25)23-15-7-5-4-6-13(15)10-14-19(16(26)11-21(2,3)22-14)20(23)17-8-9-18(29-17)24(27)28/h4-9,20,22H,10-11H2,1-3H3/t20-/m1/s1. The van der Waals surface area contributed by atoms with Gasteiger partial charge in [0.1, 0.15) is 16.7 Å². The SMILES string of the molecule is CC(=O)N1c2ccccc2CC2=C(C(=O)CC(C)(C)N2)[C@H]1c1ccc([N+](=O)[O-])o1. The third-order valence-corrected chi connectivity index (χ3v) is 5.27. The van der Waals surface area contributed by atoms with Gasteiger partial charge in [0, 0.05) is 42.3 Å². The van der Waals surface area contributed by atoms with Crippen LogP contribution in [0.5, 0.6) is 0 Å². The number of hydrogen-bond donors (Lipinski definition) is 1. The Morgan fingerprint density at radius 3 is 2.66 bits per heavy atom. The van der Waals surface area contributed by atoms with Crippen molar-refractivity contribution < 1.29 is 18.9 Å². The summed E-state index contributed by atoms with van der Waals surface area (Å²) in [5, 5.41) is 14.6. The number of rotatable bonds is 2. The van der Waals surface area contributed by atoms with Gasteiger partial charge in [-0.15, -0.1) is 0 Å². The Kier molecular flexibility index (Phi) is 4.29. The molecule has 4 rings (SSSR count). The molecule has 1 atom stereocenters. The number of nitro groups is 1. The smallest absolute Gasteiger partial charge is 0.403 e. The second kappa shape index (κ2) is 6.58. The van der Waals surface area contributed by atoms with E-state index in [1.54, 1.807) is 0 Å². The molecule has 1 N–H and O–H groups in total. The number of Topliss-reactive ketones (excluding diaryl/α,β-unsaturated/α-hetero) is 1. The van der Waals surface area contributed by atoms with Gasteiger partial charge in [0.25, 0.3) is 0 Å². The highest BCUT2D eigenvalue weighted by molar-refractivity contribution is 6.03. The number of hydrogen-bond acceptors (Lipinski definition) is 6. The number of nitrogens with one attached hydrogen (secondary N) is 1. The van der Waals surface area contributed by atoms with Crippen LogP contribution >= 0.6 is 0 Å². The third-order valence-electron chi connectivity index (χ3n) is 5.27. The maximum absolute atomic E-state index is 13.2. The Balaban J connectivity index is 1.99. The molecule has 2 aliphatic heterocycles. The molecule has 1 aromatic heterocycles. The average Bonchev–Trinajstić information content (AvgIpc) is 3.05. The molecule has 2 aliphatic rings. The fraction of sp³-hybridized carbons (Fsp3) is 0.333. The first kappa shape index (κ1) is 18.9. The zero-order valence-corrected chi connectivity index (χ0v) is 16.4. The van der Waals surface area contributed by atoms with Crippen LogP contribution in [0.15, 0.2) is 52.1 Å². The lowest BCUT2D eigenvalue weighted by Gasteiger charge is -2.37. The van der Waals surface area contributed by atoms with Gasteiger partial charge in [-0.2, -0.15) is 0 Å². The Labute approximate surface area is 167 Å². The molecule has 0 fully saturated rings. The molecule has 0 spiro atoms. The number of allylic oxidation sites excluding steroid dienone is 1. The zero-order valence-electron chi connectivity index (χ0n) is 16.4. The van der Waals surface area contributed by atoms with Crippen molar-refractivity contribution >= 4 is 23.3 Å². The minimum Gasteiger partial charge on any atom is -0.403 e. The van der Waals surface area contributed by atoms with E-state index in [-0.39, 0.29) is 23.9 Å². The zero-order chi connectivity index (χ0) is 20.9. The molecule has 3 heterocycles. The molecule has 1 aromatic carbocycles. The van der Waals surface area contributed by atoms with E-state index in [9.17, 15) is 19.7 Å². The van der Waals surface area contributed by atoms with Crippen LogP contribution in [-0.2, 0) is 16.0 Å². The molecule has 0 saturated carbocycles. The van der Waals surface area contributed by atoms with Crippen LogP contribution < -0.4 is 10.2 Å². The Hall–Kier alpha value is -3.42. The number of anilines is 1. The Bertz CT molecular complexity index is 1070. The number of carbonyl (C=O) groups is 2. The maximum Gasteiger partial charge on any atom is 0.433 e. The minimum atomic E-state index is -0.879. The number of para-hydroxylation sites is 1. The Morgan fingerprint density at radius 2 is 2.00 bits per heavy atom. The first-order valence-electron chi connectivity index (χ1n) is 9.34. The molecular weight excluding hydrogens is 374 g/mol. The van der Waals surface area contributed by atoms with E-state index in [0.29, 0.717) is 23.4 Å². The van der Waals surface area contributed by atoms with Crippen molar-refractivity contribution in [3.8, 4) is 0 Å². The highest BCUT2D eigenvalue weighted by atomic mass is 16.6. The summed E-state index contributed by atoms with van der Waals surface area (Å²) in [6.45, 7) is 5.30. The molecular formula is C21H21N3O5. The second-order valence-corrected chi connectivity index (χ2v) is 8.03. The summed E-state index contributed by atoms with van der Waals surface area (Å²) in [7, 11) is 0. The van der Waals surface area contributed by atoms with Crippen molar-refractivity contribution in [1.29, 1.82) is 0 Å². The molecule has 8 nitrogen and oxygen atoms in total. The highest BCUT2D eigenvalue weighted by Crippen LogP contribution is 2.44. The summed E-state index contributed by atoms with van der Waals surface area (Å²) >= 11 is 0.